The topological polar surface area (TPSA) is 81.3 Å². The first-order chi connectivity index (χ1) is 14.0. The van der Waals surface area contributed by atoms with Crippen LogP contribution in [0.2, 0.25) is 5.02 Å². The molecule has 0 aliphatic heterocycles. The molecule has 0 saturated heterocycles. The molecule has 148 valence electrons. The Bertz CT molecular complexity index is 1280. The molecule has 2 aromatic heterocycles. The number of fused-ring (bicyclic) bond motifs is 3. The molecule has 4 aromatic rings. The Labute approximate surface area is 171 Å². The second-order valence-electron chi connectivity index (χ2n) is 7.12. The molecule has 1 amide bonds. The van der Waals surface area contributed by atoms with Gasteiger partial charge in [-0.25, -0.2) is 0 Å². The molecule has 8 heteroatoms. The molecule has 0 radical (unpaired) electrons. The maximum atomic E-state index is 13.1. The van der Waals surface area contributed by atoms with Crippen LogP contribution in [-0.2, 0) is 17.9 Å². The van der Waals surface area contributed by atoms with Crippen LogP contribution in [0.5, 0.6) is 0 Å². The third-order valence-electron chi connectivity index (χ3n) is 4.79. The van der Waals surface area contributed by atoms with Crippen molar-refractivity contribution in [2.45, 2.75) is 32.9 Å². The molecule has 1 N–H and O–H groups in total. The highest BCUT2D eigenvalue weighted by molar-refractivity contribution is 6.31. The number of aromatic nitrogens is 4. The Morgan fingerprint density at radius 1 is 1.07 bits per heavy atom. The maximum Gasteiger partial charge on any atom is 0.297 e. The average molecular weight is 410 g/mol. The molecule has 29 heavy (non-hydrogen) atoms. The van der Waals surface area contributed by atoms with Crippen molar-refractivity contribution in [1.82, 2.24) is 24.5 Å². The lowest BCUT2D eigenvalue weighted by atomic mass is 10.2. The Morgan fingerprint density at radius 3 is 2.48 bits per heavy atom. The predicted octanol–water partition coefficient (Wildman–Crippen LogP) is 3.14. The van der Waals surface area contributed by atoms with Crippen molar-refractivity contribution in [3.05, 3.63) is 75.3 Å². The second kappa shape index (κ2) is 7.67. The molecule has 7 nitrogen and oxygen atoms in total. The average Bonchev–Trinajstić information content (AvgIpc) is 3.16. The van der Waals surface area contributed by atoms with E-state index >= 15 is 0 Å². The van der Waals surface area contributed by atoms with Gasteiger partial charge in [0.05, 0.1) is 11.0 Å². The van der Waals surface area contributed by atoms with E-state index in [0.29, 0.717) is 16.4 Å². The van der Waals surface area contributed by atoms with Gasteiger partial charge in [0.1, 0.15) is 12.4 Å². The largest absolute Gasteiger partial charge is 0.350 e. The van der Waals surface area contributed by atoms with Gasteiger partial charge in [0.2, 0.25) is 11.6 Å². The molecule has 0 fully saturated rings. The molecule has 0 saturated carbocycles. The summed E-state index contributed by atoms with van der Waals surface area (Å²) < 4.78 is 3.21. The molecule has 0 aliphatic rings. The Morgan fingerprint density at radius 2 is 1.76 bits per heavy atom. The Kier molecular flexibility index (Phi) is 5.07. The highest BCUT2D eigenvalue weighted by Gasteiger charge is 2.19. The first-order valence-corrected chi connectivity index (χ1v) is 9.72. The standard InChI is InChI=1S/C21H20ClN5O2/c1-13(2)19-24-25-20-21(29)26(16-9-5-6-10-17(16)27(19)20)12-18(28)23-11-14-7-3-4-8-15(14)22/h3-10,13H,11-12H2,1-2H3,(H,23,28). The normalized spacial score (nSPS) is 11.4. The summed E-state index contributed by atoms with van der Waals surface area (Å²) in [6.07, 6.45) is 0. The van der Waals surface area contributed by atoms with E-state index in [1.165, 1.54) is 4.57 Å². The van der Waals surface area contributed by atoms with E-state index in [2.05, 4.69) is 15.5 Å². The summed E-state index contributed by atoms with van der Waals surface area (Å²) in [4.78, 5) is 25.7. The summed E-state index contributed by atoms with van der Waals surface area (Å²) in [6, 6.07) is 14.8. The zero-order valence-corrected chi connectivity index (χ0v) is 16.8. The summed E-state index contributed by atoms with van der Waals surface area (Å²) in [5, 5.41) is 11.7. The molecule has 2 aromatic carbocycles. The number of rotatable bonds is 5. The summed E-state index contributed by atoms with van der Waals surface area (Å²) in [6.45, 7) is 4.16. The van der Waals surface area contributed by atoms with Crippen LogP contribution in [0.1, 0.15) is 31.2 Å². The number of nitrogens with zero attached hydrogens (tertiary/aromatic N) is 4. The zero-order valence-electron chi connectivity index (χ0n) is 16.1. The highest BCUT2D eigenvalue weighted by atomic mass is 35.5. The molecular formula is C21H20ClN5O2. The maximum absolute atomic E-state index is 13.1. The van der Waals surface area contributed by atoms with E-state index in [4.69, 9.17) is 11.6 Å². The van der Waals surface area contributed by atoms with Crippen LogP contribution in [0.15, 0.2) is 53.3 Å². The van der Waals surface area contributed by atoms with E-state index in [9.17, 15) is 9.59 Å². The van der Waals surface area contributed by atoms with Gasteiger partial charge < -0.3 is 5.32 Å². The molecule has 4 rings (SSSR count). The van der Waals surface area contributed by atoms with E-state index in [-0.39, 0.29) is 36.1 Å². The third-order valence-corrected chi connectivity index (χ3v) is 5.16. The van der Waals surface area contributed by atoms with Gasteiger partial charge in [-0.15, -0.1) is 10.2 Å². The summed E-state index contributed by atoms with van der Waals surface area (Å²) in [5.74, 6) is 0.524. The lowest BCUT2D eigenvalue weighted by molar-refractivity contribution is -0.121. The van der Waals surface area contributed by atoms with Crippen molar-refractivity contribution in [3.8, 4) is 0 Å². The number of halogens is 1. The summed E-state index contributed by atoms with van der Waals surface area (Å²) in [5.41, 5.74) is 2.12. The molecular weight excluding hydrogens is 390 g/mol. The van der Waals surface area contributed by atoms with Gasteiger partial charge in [-0.2, -0.15) is 0 Å². The second-order valence-corrected chi connectivity index (χ2v) is 7.53. The zero-order chi connectivity index (χ0) is 20.5. The van der Waals surface area contributed by atoms with Crippen LogP contribution >= 0.6 is 11.6 Å². The number of carbonyl (C=O) groups is 1. The first kappa shape index (κ1) is 19.1. The monoisotopic (exact) mass is 409 g/mol. The Balaban J connectivity index is 1.72. The van der Waals surface area contributed by atoms with E-state index < -0.39 is 0 Å². The van der Waals surface area contributed by atoms with Crippen LogP contribution in [-0.4, -0.2) is 25.1 Å². The fourth-order valence-corrected chi connectivity index (χ4v) is 3.55. The predicted molar refractivity (Wildman–Crippen MR) is 112 cm³/mol. The third kappa shape index (κ3) is 3.49. The summed E-state index contributed by atoms with van der Waals surface area (Å²) in [7, 11) is 0. The smallest absolute Gasteiger partial charge is 0.297 e. The van der Waals surface area contributed by atoms with Gasteiger partial charge in [-0.1, -0.05) is 55.8 Å². The number of amides is 1. The van der Waals surface area contributed by atoms with Crippen molar-refractivity contribution in [2.75, 3.05) is 0 Å². The Hall–Kier alpha value is -3.19. The van der Waals surface area contributed by atoms with Gasteiger partial charge in [-0.05, 0) is 23.8 Å². The number of nitrogens with one attached hydrogen (secondary N) is 1. The van der Waals surface area contributed by atoms with Gasteiger partial charge in [0.25, 0.3) is 5.56 Å². The van der Waals surface area contributed by atoms with Crippen molar-refractivity contribution in [1.29, 1.82) is 0 Å². The van der Waals surface area contributed by atoms with Crippen LogP contribution in [0.4, 0.5) is 0 Å². The fourth-order valence-electron chi connectivity index (χ4n) is 3.35. The van der Waals surface area contributed by atoms with E-state index in [1.54, 1.807) is 10.5 Å². The van der Waals surface area contributed by atoms with Crippen molar-refractivity contribution >= 4 is 34.2 Å². The van der Waals surface area contributed by atoms with Crippen LogP contribution < -0.4 is 10.9 Å². The SMILES string of the molecule is CC(C)c1nnc2c(=O)n(CC(=O)NCc3ccccc3Cl)c3ccccc3n12. The van der Waals surface area contributed by atoms with E-state index in [1.807, 2.05) is 56.3 Å². The molecule has 0 aliphatic carbocycles. The number of benzene rings is 2. The van der Waals surface area contributed by atoms with Crippen LogP contribution in [0.3, 0.4) is 0 Å². The van der Waals surface area contributed by atoms with Gasteiger partial charge >= 0.3 is 0 Å². The fraction of sp³-hybridized carbons (Fsp3) is 0.238. The minimum atomic E-state index is -0.351. The van der Waals surface area contributed by atoms with Gasteiger partial charge in [0, 0.05) is 17.5 Å². The van der Waals surface area contributed by atoms with Gasteiger partial charge in [-0.3, -0.25) is 18.6 Å². The molecule has 2 heterocycles. The van der Waals surface area contributed by atoms with Crippen LogP contribution in [0.25, 0.3) is 16.7 Å². The lowest BCUT2D eigenvalue weighted by Gasteiger charge is -2.13. The summed E-state index contributed by atoms with van der Waals surface area (Å²) >= 11 is 6.14. The number of carbonyl (C=O) groups excluding carboxylic acids is 1. The highest BCUT2D eigenvalue weighted by Crippen LogP contribution is 2.19. The number of hydrogen-bond acceptors (Lipinski definition) is 4. The molecule has 0 atom stereocenters. The first-order valence-electron chi connectivity index (χ1n) is 9.34. The van der Waals surface area contributed by atoms with Gasteiger partial charge in [0.15, 0.2) is 0 Å². The molecule has 0 bridgehead atoms. The molecule has 0 spiro atoms. The van der Waals surface area contributed by atoms with Crippen molar-refractivity contribution in [3.63, 3.8) is 0 Å². The molecule has 0 unspecified atom stereocenters. The minimum absolute atomic E-state index is 0.0996. The number of hydrogen-bond donors (Lipinski definition) is 1. The van der Waals surface area contributed by atoms with Crippen LogP contribution in [0, 0.1) is 0 Å². The van der Waals surface area contributed by atoms with Crippen molar-refractivity contribution in [2.24, 2.45) is 0 Å². The van der Waals surface area contributed by atoms with E-state index in [0.717, 1.165) is 11.1 Å². The van der Waals surface area contributed by atoms with Crippen molar-refractivity contribution < 1.29 is 4.79 Å². The number of para-hydroxylation sites is 2. The lowest BCUT2D eigenvalue weighted by Crippen LogP contribution is -2.33. The minimum Gasteiger partial charge on any atom is -0.350 e. The quantitative estimate of drug-likeness (QED) is 0.549.